The molecule has 3 aromatic rings. The maximum Gasteiger partial charge on any atom is 0.243 e. The standard InChI is InChI=1S/C17H16ClN5/c1-11-5-4-6-12(9-11)15-10-16(13-7-2-3-8-14(13)18)23-17(19-15)20-21-22-23/h2-9,15-16H,10H2,1H3,(H,19,20,22). The number of tetrazole rings is 1. The van der Waals surface area contributed by atoms with Gasteiger partial charge < -0.3 is 5.32 Å². The number of fused-ring (bicyclic) bond motifs is 1. The molecule has 0 saturated heterocycles. The molecule has 5 nitrogen and oxygen atoms in total. The minimum Gasteiger partial charge on any atom is -0.346 e. The molecule has 0 bridgehead atoms. The largest absolute Gasteiger partial charge is 0.346 e. The Labute approximate surface area is 139 Å². The van der Waals surface area contributed by atoms with Gasteiger partial charge in [0.1, 0.15) is 0 Å². The summed E-state index contributed by atoms with van der Waals surface area (Å²) in [5, 5.41) is 16.2. The minimum atomic E-state index is 0.0143. The van der Waals surface area contributed by atoms with E-state index in [0.717, 1.165) is 17.0 Å². The van der Waals surface area contributed by atoms with E-state index in [0.29, 0.717) is 5.95 Å². The van der Waals surface area contributed by atoms with Crippen LogP contribution in [0.2, 0.25) is 5.02 Å². The van der Waals surface area contributed by atoms with Gasteiger partial charge >= 0.3 is 0 Å². The quantitative estimate of drug-likeness (QED) is 0.779. The number of nitrogens with one attached hydrogen (secondary N) is 1. The molecule has 1 aliphatic heterocycles. The second-order valence-electron chi connectivity index (χ2n) is 5.83. The van der Waals surface area contributed by atoms with E-state index in [1.165, 1.54) is 11.1 Å². The fourth-order valence-corrected chi connectivity index (χ4v) is 3.41. The Kier molecular flexibility index (Phi) is 3.50. The van der Waals surface area contributed by atoms with Crippen molar-refractivity contribution in [2.75, 3.05) is 5.32 Å². The van der Waals surface area contributed by atoms with Gasteiger partial charge in [0.05, 0.1) is 12.1 Å². The second kappa shape index (κ2) is 5.66. The summed E-state index contributed by atoms with van der Waals surface area (Å²) in [6, 6.07) is 16.5. The molecule has 116 valence electrons. The van der Waals surface area contributed by atoms with Crippen molar-refractivity contribution in [2.45, 2.75) is 25.4 Å². The summed E-state index contributed by atoms with van der Waals surface area (Å²) in [5.41, 5.74) is 3.52. The van der Waals surface area contributed by atoms with Crippen molar-refractivity contribution in [1.29, 1.82) is 0 Å². The molecule has 1 aliphatic rings. The zero-order valence-electron chi connectivity index (χ0n) is 12.6. The molecule has 0 aliphatic carbocycles. The molecule has 2 heterocycles. The Hall–Kier alpha value is -2.40. The van der Waals surface area contributed by atoms with E-state index in [-0.39, 0.29) is 12.1 Å². The Morgan fingerprint density at radius 3 is 2.87 bits per heavy atom. The van der Waals surface area contributed by atoms with Gasteiger partial charge in [-0.1, -0.05) is 64.7 Å². The molecule has 0 radical (unpaired) electrons. The molecule has 1 N–H and O–H groups in total. The van der Waals surface area contributed by atoms with Crippen LogP contribution in [0.4, 0.5) is 5.95 Å². The highest BCUT2D eigenvalue weighted by Crippen LogP contribution is 2.39. The normalized spacial score (nSPS) is 19.9. The van der Waals surface area contributed by atoms with Gasteiger partial charge in [0.2, 0.25) is 5.95 Å². The smallest absolute Gasteiger partial charge is 0.243 e. The third-order valence-corrected chi connectivity index (χ3v) is 4.60. The summed E-state index contributed by atoms with van der Waals surface area (Å²) in [4.78, 5) is 0. The van der Waals surface area contributed by atoms with E-state index < -0.39 is 0 Å². The number of rotatable bonds is 2. The van der Waals surface area contributed by atoms with Crippen LogP contribution in [0.15, 0.2) is 48.5 Å². The molecule has 6 heteroatoms. The summed E-state index contributed by atoms with van der Waals surface area (Å²) in [5.74, 6) is 0.674. The van der Waals surface area contributed by atoms with Crippen molar-refractivity contribution in [3.8, 4) is 0 Å². The van der Waals surface area contributed by atoms with E-state index in [2.05, 4.69) is 52.0 Å². The monoisotopic (exact) mass is 325 g/mol. The summed E-state index contributed by atoms with van der Waals surface area (Å²) < 4.78 is 1.81. The van der Waals surface area contributed by atoms with Gasteiger partial charge in [-0.2, -0.15) is 0 Å². The lowest BCUT2D eigenvalue weighted by Gasteiger charge is -2.31. The van der Waals surface area contributed by atoms with Gasteiger partial charge in [-0.15, -0.1) is 0 Å². The fraction of sp³-hybridized carbons (Fsp3) is 0.235. The highest BCUT2D eigenvalue weighted by atomic mass is 35.5. The van der Waals surface area contributed by atoms with Crippen LogP contribution in [0.1, 0.15) is 35.2 Å². The number of aromatic nitrogens is 4. The summed E-state index contributed by atoms with van der Waals surface area (Å²) in [7, 11) is 0. The Bertz CT molecular complexity index is 844. The number of halogens is 1. The molecule has 0 amide bonds. The lowest BCUT2D eigenvalue weighted by molar-refractivity contribution is 0.424. The molecule has 2 aromatic carbocycles. The number of benzene rings is 2. The lowest BCUT2D eigenvalue weighted by atomic mass is 9.92. The van der Waals surface area contributed by atoms with Crippen molar-refractivity contribution in [2.24, 2.45) is 0 Å². The van der Waals surface area contributed by atoms with Crippen LogP contribution >= 0.6 is 11.6 Å². The van der Waals surface area contributed by atoms with Crippen molar-refractivity contribution in [3.05, 3.63) is 70.2 Å². The molecule has 23 heavy (non-hydrogen) atoms. The highest BCUT2D eigenvalue weighted by Gasteiger charge is 2.31. The summed E-state index contributed by atoms with van der Waals surface area (Å²) in [6.07, 6.45) is 0.839. The van der Waals surface area contributed by atoms with E-state index in [1.54, 1.807) is 0 Å². The molecule has 4 rings (SSSR count). The van der Waals surface area contributed by atoms with Gasteiger partial charge in [0.15, 0.2) is 0 Å². The van der Waals surface area contributed by atoms with E-state index in [1.807, 2.05) is 28.9 Å². The average Bonchev–Trinajstić information content (AvgIpc) is 3.03. The summed E-state index contributed by atoms with van der Waals surface area (Å²) >= 11 is 6.41. The van der Waals surface area contributed by atoms with Gasteiger partial charge in [0, 0.05) is 5.02 Å². The van der Waals surface area contributed by atoms with Crippen molar-refractivity contribution in [1.82, 2.24) is 20.2 Å². The zero-order chi connectivity index (χ0) is 15.8. The number of nitrogens with zero attached hydrogens (tertiary/aromatic N) is 4. The average molecular weight is 326 g/mol. The second-order valence-corrected chi connectivity index (χ2v) is 6.24. The van der Waals surface area contributed by atoms with E-state index >= 15 is 0 Å². The molecular formula is C17H16ClN5. The fourth-order valence-electron chi connectivity index (χ4n) is 3.15. The number of anilines is 1. The third-order valence-electron chi connectivity index (χ3n) is 4.26. The molecular weight excluding hydrogens is 310 g/mol. The maximum atomic E-state index is 6.41. The van der Waals surface area contributed by atoms with Crippen LogP contribution in [0.3, 0.4) is 0 Å². The first-order chi connectivity index (χ1) is 11.2. The molecule has 2 unspecified atom stereocenters. The van der Waals surface area contributed by atoms with Crippen molar-refractivity contribution in [3.63, 3.8) is 0 Å². The Morgan fingerprint density at radius 1 is 1.17 bits per heavy atom. The summed E-state index contributed by atoms with van der Waals surface area (Å²) in [6.45, 7) is 2.10. The first kappa shape index (κ1) is 14.2. The first-order valence-corrected chi connectivity index (χ1v) is 7.95. The third kappa shape index (κ3) is 2.57. The number of hydrogen-bond donors (Lipinski definition) is 1. The van der Waals surface area contributed by atoms with Gasteiger partial charge in [-0.3, -0.25) is 0 Å². The zero-order valence-corrected chi connectivity index (χ0v) is 13.4. The maximum absolute atomic E-state index is 6.41. The predicted octanol–water partition coefficient (Wildman–Crippen LogP) is 3.78. The van der Waals surface area contributed by atoms with E-state index in [4.69, 9.17) is 11.6 Å². The van der Waals surface area contributed by atoms with E-state index in [9.17, 15) is 0 Å². The van der Waals surface area contributed by atoms with Crippen molar-refractivity contribution < 1.29 is 0 Å². The van der Waals surface area contributed by atoms with Gasteiger partial charge in [0.25, 0.3) is 0 Å². The van der Waals surface area contributed by atoms with Crippen LogP contribution < -0.4 is 5.32 Å². The predicted molar refractivity (Wildman–Crippen MR) is 89.6 cm³/mol. The van der Waals surface area contributed by atoms with Crippen LogP contribution in [0.5, 0.6) is 0 Å². The molecule has 2 atom stereocenters. The van der Waals surface area contributed by atoms with Crippen LogP contribution in [-0.2, 0) is 0 Å². The number of hydrogen-bond acceptors (Lipinski definition) is 4. The molecule has 0 spiro atoms. The van der Waals surface area contributed by atoms with Crippen LogP contribution in [0, 0.1) is 6.92 Å². The first-order valence-electron chi connectivity index (χ1n) is 7.58. The molecule has 1 aromatic heterocycles. The van der Waals surface area contributed by atoms with Crippen LogP contribution in [-0.4, -0.2) is 20.2 Å². The van der Waals surface area contributed by atoms with Crippen molar-refractivity contribution >= 4 is 17.5 Å². The highest BCUT2D eigenvalue weighted by molar-refractivity contribution is 6.31. The molecule has 0 fully saturated rings. The van der Waals surface area contributed by atoms with Gasteiger partial charge in [-0.05, 0) is 41.0 Å². The van der Waals surface area contributed by atoms with Crippen LogP contribution in [0.25, 0.3) is 0 Å². The number of aryl methyl sites for hydroxylation is 1. The van der Waals surface area contributed by atoms with Gasteiger partial charge in [-0.25, -0.2) is 4.68 Å². The Morgan fingerprint density at radius 2 is 2.04 bits per heavy atom. The minimum absolute atomic E-state index is 0.0143. The molecule has 0 saturated carbocycles. The topological polar surface area (TPSA) is 55.6 Å². The SMILES string of the molecule is Cc1cccc(C2CC(c3ccccc3Cl)n3nnnc3N2)c1. The lowest BCUT2D eigenvalue weighted by Crippen LogP contribution is -2.28. The Balaban J connectivity index is 1.77.